The van der Waals surface area contributed by atoms with Crippen molar-refractivity contribution >= 4 is 5.69 Å². The zero-order chi connectivity index (χ0) is 11.5. The smallest absolute Gasteiger partial charge is 0.142 e. The summed E-state index contributed by atoms with van der Waals surface area (Å²) < 4.78 is 5.59. The molecule has 0 aromatic heterocycles. The highest BCUT2D eigenvalue weighted by Gasteiger charge is 2.19. The van der Waals surface area contributed by atoms with Crippen molar-refractivity contribution in [3.8, 4) is 5.75 Å². The van der Waals surface area contributed by atoms with Crippen molar-refractivity contribution in [1.29, 1.82) is 0 Å². The molecule has 0 amide bonds. The molecular weight excluding hydrogens is 200 g/mol. The van der Waals surface area contributed by atoms with Crippen LogP contribution in [0.3, 0.4) is 0 Å². The van der Waals surface area contributed by atoms with E-state index in [1.54, 1.807) is 0 Å². The van der Waals surface area contributed by atoms with E-state index in [4.69, 9.17) is 10.5 Å². The summed E-state index contributed by atoms with van der Waals surface area (Å²) >= 11 is 0. The Hall–Kier alpha value is -1.22. The monoisotopic (exact) mass is 220 g/mol. The number of rotatable bonds is 5. The van der Waals surface area contributed by atoms with E-state index < -0.39 is 0 Å². The summed E-state index contributed by atoms with van der Waals surface area (Å²) in [6.45, 7) is 4.90. The van der Waals surface area contributed by atoms with Crippen LogP contribution in [0.4, 0.5) is 5.69 Å². The zero-order valence-corrected chi connectivity index (χ0v) is 9.99. The molecule has 88 valence electrons. The lowest BCUT2D eigenvalue weighted by molar-refractivity contribution is 0.244. The molecule has 1 fully saturated rings. The van der Waals surface area contributed by atoms with Crippen molar-refractivity contribution in [2.45, 2.75) is 45.4 Å². The number of anilines is 1. The lowest BCUT2D eigenvalue weighted by atomic mass is 10.2. The van der Waals surface area contributed by atoms with Crippen LogP contribution in [0.15, 0.2) is 18.2 Å². The molecule has 0 bridgehead atoms. The fourth-order valence-electron chi connectivity index (χ4n) is 1.62. The Labute approximate surface area is 97.0 Å². The first-order chi connectivity index (χ1) is 7.65. The third-order valence-electron chi connectivity index (χ3n) is 2.61. The molecule has 16 heavy (non-hydrogen) atoms. The number of nitrogens with two attached hydrogens (primary N) is 1. The third-order valence-corrected chi connectivity index (χ3v) is 2.61. The molecule has 1 aliphatic rings. The first-order valence-electron chi connectivity index (χ1n) is 5.93. The van der Waals surface area contributed by atoms with Gasteiger partial charge in [-0.05, 0) is 44.4 Å². The maximum atomic E-state index is 5.94. The average Bonchev–Trinajstić information content (AvgIpc) is 3.02. The van der Waals surface area contributed by atoms with Crippen LogP contribution in [0.25, 0.3) is 0 Å². The maximum absolute atomic E-state index is 5.94. The molecule has 1 aromatic rings. The van der Waals surface area contributed by atoms with Gasteiger partial charge in [0.25, 0.3) is 0 Å². The van der Waals surface area contributed by atoms with Crippen LogP contribution in [-0.4, -0.2) is 12.1 Å². The van der Waals surface area contributed by atoms with Gasteiger partial charge < -0.3 is 15.8 Å². The molecule has 0 spiro atoms. The topological polar surface area (TPSA) is 47.3 Å². The minimum absolute atomic E-state index is 0.165. The molecule has 3 nitrogen and oxygen atoms in total. The van der Waals surface area contributed by atoms with Crippen LogP contribution in [0.1, 0.15) is 32.3 Å². The van der Waals surface area contributed by atoms with E-state index >= 15 is 0 Å². The average molecular weight is 220 g/mol. The third kappa shape index (κ3) is 3.14. The minimum atomic E-state index is 0.165. The van der Waals surface area contributed by atoms with E-state index in [2.05, 4.69) is 11.4 Å². The summed E-state index contributed by atoms with van der Waals surface area (Å²) in [6.07, 6.45) is 2.78. The van der Waals surface area contributed by atoms with E-state index in [0.29, 0.717) is 0 Å². The van der Waals surface area contributed by atoms with E-state index in [1.165, 1.54) is 18.4 Å². The number of hydrogen-bond acceptors (Lipinski definition) is 3. The minimum Gasteiger partial charge on any atom is -0.489 e. The summed E-state index contributed by atoms with van der Waals surface area (Å²) in [5.41, 5.74) is 7.89. The van der Waals surface area contributed by atoms with E-state index in [9.17, 15) is 0 Å². The van der Waals surface area contributed by atoms with Crippen LogP contribution in [0.2, 0.25) is 0 Å². The highest BCUT2D eigenvalue weighted by Crippen LogP contribution is 2.24. The molecule has 3 heteroatoms. The molecule has 0 saturated heterocycles. The van der Waals surface area contributed by atoms with Gasteiger partial charge >= 0.3 is 0 Å². The Bertz CT molecular complexity index is 359. The Morgan fingerprint density at radius 2 is 2.19 bits per heavy atom. The summed E-state index contributed by atoms with van der Waals surface area (Å²) in [5.74, 6) is 0.783. The Balaban J connectivity index is 1.97. The van der Waals surface area contributed by atoms with Crippen molar-refractivity contribution in [1.82, 2.24) is 5.32 Å². The number of ether oxygens (including phenoxy) is 1. The van der Waals surface area contributed by atoms with Gasteiger partial charge in [0, 0.05) is 12.6 Å². The zero-order valence-electron chi connectivity index (χ0n) is 9.99. The number of nitrogen functional groups attached to an aromatic ring is 1. The van der Waals surface area contributed by atoms with Gasteiger partial charge in [-0.2, -0.15) is 0 Å². The fourth-order valence-corrected chi connectivity index (χ4v) is 1.62. The van der Waals surface area contributed by atoms with Crippen LogP contribution in [-0.2, 0) is 6.54 Å². The van der Waals surface area contributed by atoms with Gasteiger partial charge in [-0.25, -0.2) is 0 Å². The molecule has 1 saturated carbocycles. The van der Waals surface area contributed by atoms with Gasteiger partial charge in [0.05, 0.1) is 11.8 Å². The molecule has 3 N–H and O–H groups in total. The quantitative estimate of drug-likeness (QED) is 0.749. The maximum Gasteiger partial charge on any atom is 0.142 e. The van der Waals surface area contributed by atoms with Gasteiger partial charge in [-0.15, -0.1) is 0 Å². The SMILES string of the molecule is CC(C)Oc1ccc(CNC2CC2)cc1N. The van der Waals surface area contributed by atoms with Crippen molar-refractivity contribution < 1.29 is 4.74 Å². The molecule has 1 aromatic carbocycles. The van der Waals surface area contributed by atoms with Gasteiger partial charge in [-0.3, -0.25) is 0 Å². The van der Waals surface area contributed by atoms with Crippen molar-refractivity contribution in [3.63, 3.8) is 0 Å². The molecule has 2 rings (SSSR count). The highest BCUT2D eigenvalue weighted by molar-refractivity contribution is 5.54. The molecular formula is C13H20N2O. The lowest BCUT2D eigenvalue weighted by Crippen LogP contribution is -2.15. The number of nitrogens with one attached hydrogen (secondary N) is 1. The molecule has 0 aliphatic heterocycles. The molecule has 0 unspecified atom stereocenters. The summed E-state index contributed by atoms with van der Waals surface area (Å²) in [4.78, 5) is 0. The van der Waals surface area contributed by atoms with E-state index in [0.717, 1.165) is 24.0 Å². The first kappa shape index (κ1) is 11.3. The normalized spacial score (nSPS) is 15.4. The van der Waals surface area contributed by atoms with Gasteiger partial charge in [0.2, 0.25) is 0 Å². The second-order valence-electron chi connectivity index (χ2n) is 4.69. The summed E-state index contributed by atoms with van der Waals surface area (Å²) in [6, 6.07) is 6.75. The number of hydrogen-bond donors (Lipinski definition) is 2. The standard InChI is InChI=1S/C13H20N2O/c1-9(2)16-13-6-3-10(7-12(13)14)8-15-11-4-5-11/h3,6-7,9,11,15H,4-5,8,14H2,1-2H3. The van der Waals surface area contributed by atoms with Crippen LogP contribution < -0.4 is 15.8 Å². The van der Waals surface area contributed by atoms with Crippen molar-refractivity contribution in [2.24, 2.45) is 0 Å². The van der Waals surface area contributed by atoms with Crippen LogP contribution in [0, 0.1) is 0 Å². The van der Waals surface area contributed by atoms with Gasteiger partial charge in [-0.1, -0.05) is 6.07 Å². The molecule has 0 heterocycles. The van der Waals surface area contributed by atoms with E-state index in [1.807, 2.05) is 26.0 Å². The van der Waals surface area contributed by atoms with Crippen molar-refractivity contribution in [3.05, 3.63) is 23.8 Å². The van der Waals surface area contributed by atoms with Crippen LogP contribution in [0.5, 0.6) is 5.75 Å². The highest BCUT2D eigenvalue weighted by atomic mass is 16.5. The second-order valence-corrected chi connectivity index (χ2v) is 4.69. The fraction of sp³-hybridized carbons (Fsp3) is 0.538. The molecule has 1 aliphatic carbocycles. The van der Waals surface area contributed by atoms with Gasteiger partial charge in [0.1, 0.15) is 5.75 Å². The first-order valence-corrected chi connectivity index (χ1v) is 5.93. The largest absolute Gasteiger partial charge is 0.489 e. The predicted octanol–water partition coefficient (Wildman–Crippen LogP) is 2.31. The molecule has 0 atom stereocenters. The van der Waals surface area contributed by atoms with Crippen LogP contribution >= 0.6 is 0 Å². The second kappa shape index (κ2) is 4.74. The summed E-state index contributed by atoms with van der Waals surface area (Å²) in [5, 5.41) is 3.46. The molecule has 0 radical (unpaired) electrons. The Morgan fingerprint density at radius 3 is 2.75 bits per heavy atom. The van der Waals surface area contributed by atoms with E-state index in [-0.39, 0.29) is 6.10 Å². The summed E-state index contributed by atoms with van der Waals surface area (Å²) in [7, 11) is 0. The number of benzene rings is 1. The Morgan fingerprint density at radius 1 is 1.44 bits per heavy atom. The Kier molecular flexibility index (Phi) is 3.34. The van der Waals surface area contributed by atoms with Gasteiger partial charge in [0.15, 0.2) is 0 Å². The lowest BCUT2D eigenvalue weighted by Gasteiger charge is -2.13. The van der Waals surface area contributed by atoms with Crippen molar-refractivity contribution in [2.75, 3.05) is 5.73 Å². The predicted molar refractivity (Wildman–Crippen MR) is 66.5 cm³/mol.